The number of thiophene rings is 2. The smallest absolute Gasteiger partial charge is 0.348 e. The number of hydrazone groups is 2. The molecule has 0 atom stereocenters. The van der Waals surface area contributed by atoms with E-state index in [0.717, 1.165) is 0 Å². The normalized spacial score (nSPS) is 11.1. The third-order valence-electron chi connectivity index (χ3n) is 8.06. The third kappa shape index (κ3) is 9.53. The highest BCUT2D eigenvalue weighted by Crippen LogP contribution is 2.43. The van der Waals surface area contributed by atoms with Crippen LogP contribution in [0.1, 0.15) is 76.2 Å². The Morgan fingerprint density at radius 1 is 0.571 bits per heavy atom. The lowest BCUT2D eigenvalue weighted by Gasteiger charge is -2.13. The van der Waals surface area contributed by atoms with E-state index in [-0.39, 0.29) is 38.2 Å². The van der Waals surface area contributed by atoms with Crippen molar-refractivity contribution in [3.63, 3.8) is 0 Å². The highest BCUT2D eigenvalue weighted by atomic mass is 32.2. The van der Waals surface area contributed by atoms with Gasteiger partial charge in [-0.3, -0.25) is 9.59 Å². The van der Waals surface area contributed by atoms with E-state index < -0.39 is 11.9 Å². The highest BCUT2D eigenvalue weighted by Gasteiger charge is 2.29. The fourth-order valence-corrected chi connectivity index (χ4v) is 8.04. The van der Waals surface area contributed by atoms with E-state index in [1.54, 1.807) is 111 Å². The molecule has 6 rings (SSSR count). The van der Waals surface area contributed by atoms with Gasteiger partial charge in [0, 0.05) is 38.8 Å². The average molecular weight is 789 g/mol. The summed E-state index contributed by atoms with van der Waals surface area (Å²) in [7, 11) is 0. The van der Waals surface area contributed by atoms with E-state index in [1.165, 1.54) is 35.1 Å². The molecule has 0 bridgehead atoms. The van der Waals surface area contributed by atoms with Crippen LogP contribution in [-0.2, 0) is 22.7 Å². The zero-order valence-electron chi connectivity index (χ0n) is 30.4. The summed E-state index contributed by atoms with van der Waals surface area (Å²) >= 11 is 2.40. The summed E-state index contributed by atoms with van der Waals surface area (Å²) in [6.45, 7) is 3.61. The monoisotopic (exact) mass is 788 g/mol. The number of amides is 2. The van der Waals surface area contributed by atoms with Gasteiger partial charge in [-0.05, 0) is 62.4 Å². The second kappa shape index (κ2) is 19.1. The minimum atomic E-state index is -0.526. The van der Waals surface area contributed by atoms with Gasteiger partial charge in [-0.2, -0.15) is 10.2 Å². The topological polar surface area (TPSA) is 154 Å². The van der Waals surface area contributed by atoms with Gasteiger partial charge in [-0.1, -0.05) is 60.7 Å². The molecule has 6 aromatic rings. The van der Waals surface area contributed by atoms with Gasteiger partial charge < -0.3 is 18.9 Å². The van der Waals surface area contributed by atoms with Crippen molar-refractivity contribution in [2.24, 2.45) is 10.2 Å². The summed E-state index contributed by atoms with van der Waals surface area (Å²) in [4.78, 5) is 52.4. The van der Waals surface area contributed by atoms with Gasteiger partial charge in [0.1, 0.15) is 34.5 Å². The van der Waals surface area contributed by atoms with Crippen LogP contribution in [0.2, 0.25) is 0 Å². The summed E-state index contributed by atoms with van der Waals surface area (Å²) in [5, 5.41) is 8.87. The number of para-hydroxylation sites is 2. The first kappa shape index (κ1) is 39.1. The Bertz CT molecular complexity index is 2230. The molecule has 0 aliphatic carbocycles. The molecular formula is C42H36N4O8S2. The molecule has 0 saturated heterocycles. The van der Waals surface area contributed by atoms with Gasteiger partial charge in [0.2, 0.25) is 0 Å². The lowest BCUT2D eigenvalue weighted by atomic mass is 10.1. The maximum absolute atomic E-state index is 13.3. The molecule has 14 heteroatoms. The van der Waals surface area contributed by atoms with Gasteiger partial charge in [-0.15, -0.1) is 22.7 Å². The summed E-state index contributed by atoms with van der Waals surface area (Å²) in [6, 6.07) is 31.7. The minimum absolute atomic E-state index is 0.0776. The number of carbonyl (C=O) groups excluding carboxylic acids is 4. The number of hydrogen-bond acceptors (Lipinski definition) is 12. The van der Waals surface area contributed by atoms with Crippen LogP contribution in [0.5, 0.6) is 11.5 Å². The van der Waals surface area contributed by atoms with Crippen molar-refractivity contribution >= 4 is 68.3 Å². The molecule has 2 heterocycles. The van der Waals surface area contributed by atoms with Crippen LogP contribution in [0.3, 0.4) is 0 Å². The molecule has 0 saturated carbocycles. The lowest BCUT2D eigenvalue weighted by molar-refractivity contribution is 0.0520. The summed E-state index contributed by atoms with van der Waals surface area (Å²) in [5.74, 6) is -0.914. The quantitative estimate of drug-likeness (QED) is 0.0568. The summed E-state index contributed by atoms with van der Waals surface area (Å²) < 4.78 is 24.2. The van der Waals surface area contributed by atoms with Gasteiger partial charge in [0.15, 0.2) is 0 Å². The van der Waals surface area contributed by atoms with Crippen molar-refractivity contribution in [2.45, 2.75) is 27.1 Å². The van der Waals surface area contributed by atoms with Crippen LogP contribution in [0.4, 0.5) is 0 Å². The van der Waals surface area contributed by atoms with Crippen molar-refractivity contribution in [3.05, 3.63) is 152 Å². The number of fused-ring (bicyclic) bond motifs is 1. The molecule has 0 aliphatic rings. The fraction of sp³-hybridized carbons (Fsp3) is 0.143. The van der Waals surface area contributed by atoms with Crippen LogP contribution < -0.4 is 20.3 Å². The Morgan fingerprint density at radius 3 is 1.38 bits per heavy atom. The molecule has 12 nitrogen and oxygen atoms in total. The number of esters is 2. The van der Waals surface area contributed by atoms with Gasteiger partial charge in [-0.25, -0.2) is 20.4 Å². The zero-order valence-corrected chi connectivity index (χ0v) is 32.0. The molecule has 0 aliphatic heterocycles. The second-order valence-electron chi connectivity index (χ2n) is 11.7. The molecule has 2 N–H and O–H groups in total. The molecule has 56 heavy (non-hydrogen) atoms. The number of nitrogens with zero attached hydrogens (tertiary/aromatic N) is 2. The first-order valence-corrected chi connectivity index (χ1v) is 19.1. The minimum Gasteiger partial charge on any atom is -0.488 e. The number of ether oxygens (including phenoxy) is 4. The van der Waals surface area contributed by atoms with E-state index in [2.05, 4.69) is 21.1 Å². The molecule has 0 unspecified atom stereocenters. The molecule has 0 fully saturated rings. The van der Waals surface area contributed by atoms with Gasteiger partial charge >= 0.3 is 11.9 Å². The maximum Gasteiger partial charge on any atom is 0.348 e. The van der Waals surface area contributed by atoms with E-state index in [4.69, 9.17) is 18.9 Å². The van der Waals surface area contributed by atoms with E-state index in [1.807, 2.05) is 12.1 Å². The number of hydrogen-bond donors (Lipinski definition) is 2. The Morgan fingerprint density at radius 2 is 0.964 bits per heavy atom. The van der Waals surface area contributed by atoms with Crippen LogP contribution in [0.15, 0.2) is 119 Å². The predicted octanol–water partition coefficient (Wildman–Crippen LogP) is 8.00. The van der Waals surface area contributed by atoms with Crippen molar-refractivity contribution in [2.75, 3.05) is 13.2 Å². The molecule has 0 spiro atoms. The van der Waals surface area contributed by atoms with Crippen molar-refractivity contribution in [3.8, 4) is 11.5 Å². The lowest BCUT2D eigenvalue weighted by Crippen LogP contribution is -2.17. The van der Waals surface area contributed by atoms with Crippen molar-refractivity contribution in [1.82, 2.24) is 10.9 Å². The first-order chi connectivity index (χ1) is 27.4. The highest BCUT2D eigenvalue weighted by molar-refractivity contribution is 7.40. The summed E-state index contributed by atoms with van der Waals surface area (Å²) in [5.41, 5.74) is 8.14. The molecule has 4 aromatic carbocycles. The van der Waals surface area contributed by atoms with Gasteiger partial charge in [0.05, 0.1) is 29.7 Å². The van der Waals surface area contributed by atoms with Crippen LogP contribution >= 0.6 is 22.7 Å². The fourth-order valence-electron chi connectivity index (χ4n) is 5.45. The second-order valence-corrected chi connectivity index (χ2v) is 14.0. The largest absolute Gasteiger partial charge is 0.488 e. The van der Waals surface area contributed by atoms with E-state index >= 15 is 0 Å². The molecule has 2 amide bonds. The molecular weight excluding hydrogens is 753 g/mol. The standard InChI is InChI=1S/C42H36N4O8S2/c1-3-51-40(49)36-31(25-53-33-21-13-11-19-29(33)23-43-45-38(47)27-15-7-5-8-16-27)35-32(37(41(50)52-4-2)56-42(35)55-36)26-54-34-22-14-12-20-30(34)24-44-46-39(48)28-17-9-6-10-18-28/h5-24H,3-4,25-26H2,1-2H3,(H,45,47)(H,46,48)/b43-23+,44-24+. The Hall–Kier alpha value is -6.64. The van der Waals surface area contributed by atoms with Crippen LogP contribution in [0, 0.1) is 0 Å². The molecule has 284 valence electrons. The van der Waals surface area contributed by atoms with Crippen molar-refractivity contribution < 1.29 is 38.1 Å². The number of carbonyl (C=O) groups is 4. The maximum atomic E-state index is 13.3. The summed E-state index contributed by atoms with van der Waals surface area (Å²) in [6.07, 6.45) is 2.95. The Labute approximate surface area is 330 Å². The van der Waals surface area contributed by atoms with E-state index in [9.17, 15) is 19.2 Å². The van der Waals surface area contributed by atoms with E-state index in [0.29, 0.717) is 64.0 Å². The first-order valence-electron chi connectivity index (χ1n) is 17.5. The SMILES string of the molecule is CCOC(=O)c1sc2sc(C(=O)OCC)c(COc3ccccc3/C=N/NC(=O)c3ccccc3)c2c1COc1ccccc1/C=N/NC(=O)c1ccccc1. The van der Waals surface area contributed by atoms with Crippen LogP contribution in [-0.4, -0.2) is 49.4 Å². The van der Waals surface area contributed by atoms with Gasteiger partial charge in [0.25, 0.3) is 11.8 Å². The number of rotatable bonds is 16. The predicted molar refractivity (Wildman–Crippen MR) is 216 cm³/mol. The number of benzene rings is 4. The third-order valence-corrected chi connectivity index (χ3v) is 10.6. The Balaban J connectivity index is 1.29. The number of nitrogens with one attached hydrogen (secondary N) is 2. The zero-order chi connectivity index (χ0) is 39.3. The van der Waals surface area contributed by atoms with Crippen molar-refractivity contribution in [1.29, 1.82) is 0 Å². The Kier molecular flexibility index (Phi) is 13.3. The molecule has 0 radical (unpaired) electrons. The van der Waals surface area contributed by atoms with Crippen LogP contribution in [0.25, 0.3) is 9.40 Å². The average Bonchev–Trinajstić information content (AvgIpc) is 3.77. The molecule has 2 aromatic heterocycles.